The number of methoxy groups -OCH3 is 1. The van der Waals surface area contributed by atoms with Crippen LogP contribution in [0.15, 0.2) is 17.0 Å². The van der Waals surface area contributed by atoms with Crippen molar-refractivity contribution in [1.82, 2.24) is 0 Å². The second kappa shape index (κ2) is 3.59. The van der Waals surface area contributed by atoms with Gasteiger partial charge >= 0.3 is 0 Å². The predicted octanol–water partition coefficient (Wildman–Crippen LogP) is 0.959. The van der Waals surface area contributed by atoms with Crippen molar-refractivity contribution in [1.29, 1.82) is 0 Å². The molecule has 2 N–H and O–H groups in total. The van der Waals surface area contributed by atoms with Gasteiger partial charge in [0.25, 0.3) is 0 Å². The molecule has 0 aliphatic carbocycles. The lowest BCUT2D eigenvalue weighted by atomic mass is 10.1. The van der Waals surface area contributed by atoms with Gasteiger partial charge in [-0.3, -0.25) is 0 Å². The normalized spacial score (nSPS) is 11.4. The summed E-state index contributed by atoms with van der Waals surface area (Å²) in [5.41, 5.74) is 1.50. The van der Waals surface area contributed by atoms with Gasteiger partial charge in [-0.2, -0.15) is 0 Å². The molecule has 0 atom stereocenters. The van der Waals surface area contributed by atoms with Crippen molar-refractivity contribution in [2.45, 2.75) is 18.7 Å². The number of nitrogens with two attached hydrogens (primary N) is 1. The van der Waals surface area contributed by atoms with Crippen LogP contribution in [0.5, 0.6) is 5.75 Å². The van der Waals surface area contributed by atoms with Gasteiger partial charge < -0.3 is 4.74 Å². The Morgan fingerprint density at radius 2 is 1.86 bits per heavy atom. The summed E-state index contributed by atoms with van der Waals surface area (Å²) in [7, 11) is -2.31. The van der Waals surface area contributed by atoms with Crippen molar-refractivity contribution >= 4 is 10.0 Å². The lowest BCUT2D eigenvalue weighted by molar-refractivity contribution is 0.402. The molecule has 1 aromatic carbocycles. The highest BCUT2D eigenvalue weighted by Gasteiger charge is 2.18. The quantitative estimate of drug-likeness (QED) is 0.798. The smallest absolute Gasteiger partial charge is 0.242 e. The SMILES string of the molecule is COc1ccc(C)c(C)c1S(N)(=O)=O. The fourth-order valence-corrected chi connectivity index (χ4v) is 2.30. The van der Waals surface area contributed by atoms with E-state index in [-0.39, 0.29) is 10.6 Å². The summed E-state index contributed by atoms with van der Waals surface area (Å²) >= 11 is 0. The Balaban J connectivity index is 3.60. The van der Waals surface area contributed by atoms with Crippen LogP contribution in [0.3, 0.4) is 0 Å². The molecule has 0 amide bonds. The zero-order valence-electron chi connectivity index (χ0n) is 8.37. The van der Waals surface area contributed by atoms with Gasteiger partial charge in [-0.1, -0.05) is 6.07 Å². The van der Waals surface area contributed by atoms with Crippen molar-refractivity contribution in [3.8, 4) is 5.75 Å². The molecule has 4 nitrogen and oxygen atoms in total. The van der Waals surface area contributed by atoms with Crippen molar-refractivity contribution in [3.63, 3.8) is 0 Å². The zero-order chi connectivity index (χ0) is 10.9. The van der Waals surface area contributed by atoms with E-state index in [0.717, 1.165) is 5.56 Å². The monoisotopic (exact) mass is 215 g/mol. The molecule has 78 valence electrons. The van der Waals surface area contributed by atoms with Crippen LogP contribution in [0.2, 0.25) is 0 Å². The molecule has 0 fully saturated rings. The van der Waals surface area contributed by atoms with E-state index in [2.05, 4.69) is 0 Å². The lowest BCUT2D eigenvalue weighted by Gasteiger charge is -2.11. The van der Waals surface area contributed by atoms with Crippen LogP contribution >= 0.6 is 0 Å². The van der Waals surface area contributed by atoms with E-state index >= 15 is 0 Å². The van der Waals surface area contributed by atoms with E-state index in [1.807, 2.05) is 6.92 Å². The van der Waals surface area contributed by atoms with Gasteiger partial charge in [-0.25, -0.2) is 13.6 Å². The van der Waals surface area contributed by atoms with Crippen molar-refractivity contribution < 1.29 is 13.2 Å². The fourth-order valence-electron chi connectivity index (χ4n) is 1.28. The topological polar surface area (TPSA) is 69.4 Å². The van der Waals surface area contributed by atoms with Gasteiger partial charge in [0.05, 0.1) is 7.11 Å². The molecule has 1 rings (SSSR count). The summed E-state index contributed by atoms with van der Waals surface area (Å²) in [5.74, 6) is 0.288. The zero-order valence-corrected chi connectivity index (χ0v) is 9.18. The Labute approximate surface area is 83.7 Å². The number of aryl methyl sites for hydroxylation is 1. The van der Waals surface area contributed by atoms with Crippen LogP contribution in [0.4, 0.5) is 0 Å². The highest BCUT2D eigenvalue weighted by atomic mass is 32.2. The van der Waals surface area contributed by atoms with Gasteiger partial charge in [-0.15, -0.1) is 0 Å². The molecule has 0 bridgehead atoms. The van der Waals surface area contributed by atoms with Gasteiger partial charge in [0.15, 0.2) is 0 Å². The van der Waals surface area contributed by atoms with Gasteiger partial charge in [0.1, 0.15) is 10.6 Å². The summed E-state index contributed by atoms with van der Waals surface area (Å²) in [5, 5.41) is 5.10. The molecule has 14 heavy (non-hydrogen) atoms. The third-order valence-electron chi connectivity index (χ3n) is 2.15. The second-order valence-corrected chi connectivity index (χ2v) is 4.58. The average molecular weight is 215 g/mol. The summed E-state index contributed by atoms with van der Waals surface area (Å²) in [6, 6.07) is 3.39. The van der Waals surface area contributed by atoms with Crippen LogP contribution in [-0.4, -0.2) is 15.5 Å². The number of benzene rings is 1. The van der Waals surface area contributed by atoms with Crippen LogP contribution in [-0.2, 0) is 10.0 Å². The fraction of sp³-hybridized carbons (Fsp3) is 0.333. The molecule has 0 unspecified atom stereocenters. The standard InChI is InChI=1S/C9H13NO3S/c1-6-4-5-8(13-3)9(7(6)2)14(10,11)12/h4-5H,1-3H3,(H2,10,11,12). The van der Waals surface area contributed by atoms with Crippen LogP contribution in [0, 0.1) is 13.8 Å². The molecule has 0 saturated carbocycles. The number of sulfonamides is 1. The largest absolute Gasteiger partial charge is 0.495 e. The Morgan fingerprint density at radius 3 is 2.29 bits per heavy atom. The van der Waals surface area contributed by atoms with Crippen LogP contribution in [0.25, 0.3) is 0 Å². The molecular formula is C9H13NO3S. The Morgan fingerprint density at radius 1 is 1.29 bits per heavy atom. The highest BCUT2D eigenvalue weighted by molar-refractivity contribution is 7.89. The number of primary sulfonamides is 1. The van der Waals surface area contributed by atoms with Gasteiger partial charge in [-0.05, 0) is 31.0 Å². The van der Waals surface area contributed by atoms with Gasteiger partial charge in [0.2, 0.25) is 10.0 Å². The summed E-state index contributed by atoms with van der Waals surface area (Å²) < 4.78 is 27.5. The first-order valence-electron chi connectivity index (χ1n) is 4.05. The van der Waals surface area contributed by atoms with E-state index < -0.39 is 10.0 Å². The maximum atomic E-state index is 11.3. The first kappa shape index (κ1) is 11.0. The minimum Gasteiger partial charge on any atom is -0.495 e. The molecule has 0 radical (unpaired) electrons. The van der Waals surface area contributed by atoms with E-state index in [4.69, 9.17) is 9.88 Å². The predicted molar refractivity (Wildman–Crippen MR) is 53.8 cm³/mol. The molecule has 0 spiro atoms. The minimum absolute atomic E-state index is 0.0694. The second-order valence-electron chi connectivity index (χ2n) is 3.08. The maximum Gasteiger partial charge on any atom is 0.242 e. The van der Waals surface area contributed by atoms with Gasteiger partial charge in [0, 0.05) is 0 Å². The molecule has 0 aliphatic rings. The Bertz CT molecular complexity index is 451. The van der Waals surface area contributed by atoms with Crippen LogP contribution in [0.1, 0.15) is 11.1 Å². The average Bonchev–Trinajstić information content (AvgIpc) is 2.07. The lowest BCUT2D eigenvalue weighted by Crippen LogP contribution is -2.15. The first-order chi connectivity index (χ1) is 6.38. The molecule has 1 aromatic rings. The minimum atomic E-state index is -3.72. The number of rotatable bonds is 2. The summed E-state index contributed by atoms with van der Waals surface area (Å²) in [4.78, 5) is 0.0694. The first-order valence-corrected chi connectivity index (χ1v) is 5.59. The summed E-state index contributed by atoms with van der Waals surface area (Å²) in [6.45, 7) is 3.53. The molecule has 0 saturated heterocycles. The van der Waals surface area contributed by atoms with Crippen LogP contribution < -0.4 is 9.88 Å². The third-order valence-corrected chi connectivity index (χ3v) is 3.22. The van der Waals surface area contributed by atoms with E-state index in [1.54, 1.807) is 19.1 Å². The maximum absolute atomic E-state index is 11.3. The van der Waals surface area contributed by atoms with E-state index in [1.165, 1.54) is 7.11 Å². The van der Waals surface area contributed by atoms with E-state index in [0.29, 0.717) is 5.56 Å². The van der Waals surface area contributed by atoms with Crippen molar-refractivity contribution in [3.05, 3.63) is 23.3 Å². The van der Waals surface area contributed by atoms with Crippen molar-refractivity contribution in [2.24, 2.45) is 5.14 Å². The molecule has 0 aliphatic heterocycles. The molecular weight excluding hydrogens is 202 g/mol. The summed E-state index contributed by atoms with van der Waals surface area (Å²) in [6.07, 6.45) is 0. The number of hydrogen-bond acceptors (Lipinski definition) is 3. The van der Waals surface area contributed by atoms with E-state index in [9.17, 15) is 8.42 Å². The number of hydrogen-bond donors (Lipinski definition) is 1. The Hall–Kier alpha value is -1.07. The van der Waals surface area contributed by atoms with Crippen molar-refractivity contribution in [2.75, 3.05) is 7.11 Å². The Kier molecular flexibility index (Phi) is 2.82. The highest BCUT2D eigenvalue weighted by Crippen LogP contribution is 2.27. The molecule has 5 heteroatoms. The number of ether oxygens (including phenoxy) is 1. The third kappa shape index (κ3) is 1.88. The molecule has 0 aromatic heterocycles. The molecule has 0 heterocycles.